The molecule has 28 heavy (non-hydrogen) atoms. The third kappa shape index (κ3) is 3.30. The van der Waals surface area contributed by atoms with Gasteiger partial charge in [0.2, 0.25) is 0 Å². The van der Waals surface area contributed by atoms with Crippen molar-refractivity contribution in [3.63, 3.8) is 0 Å². The summed E-state index contributed by atoms with van der Waals surface area (Å²) in [7, 11) is 3.05. The Bertz CT molecular complexity index is 1190. The van der Waals surface area contributed by atoms with Gasteiger partial charge in [0, 0.05) is 49.0 Å². The molecule has 9 heteroatoms. The van der Waals surface area contributed by atoms with E-state index in [9.17, 15) is 19.7 Å². The smallest absolute Gasteiger partial charge is 0.330 e. The van der Waals surface area contributed by atoms with Crippen LogP contribution in [0.3, 0.4) is 0 Å². The molecular formula is C19H21BrN4O4. The van der Waals surface area contributed by atoms with E-state index in [1.165, 1.54) is 23.7 Å². The van der Waals surface area contributed by atoms with Crippen molar-refractivity contribution < 1.29 is 4.92 Å². The lowest BCUT2D eigenvalue weighted by atomic mass is 10.1. The molecule has 2 heterocycles. The molecule has 3 aromatic rings. The molecule has 0 radical (unpaired) electrons. The fourth-order valence-electron chi connectivity index (χ4n) is 3.40. The van der Waals surface area contributed by atoms with Gasteiger partial charge in [0.25, 0.3) is 11.2 Å². The maximum absolute atomic E-state index is 13.0. The van der Waals surface area contributed by atoms with Crippen molar-refractivity contribution in [2.75, 3.05) is 0 Å². The summed E-state index contributed by atoms with van der Waals surface area (Å²) in [4.78, 5) is 36.1. The average molecular weight is 449 g/mol. The number of rotatable bonds is 6. The van der Waals surface area contributed by atoms with E-state index in [-0.39, 0.29) is 5.69 Å². The molecule has 148 valence electrons. The summed E-state index contributed by atoms with van der Waals surface area (Å²) >= 11 is 3.47. The van der Waals surface area contributed by atoms with Gasteiger partial charge in [-0.05, 0) is 12.5 Å². The van der Waals surface area contributed by atoms with Gasteiger partial charge in [-0.1, -0.05) is 35.7 Å². The second-order valence-electron chi connectivity index (χ2n) is 6.77. The highest BCUT2D eigenvalue weighted by Gasteiger charge is 2.22. The van der Waals surface area contributed by atoms with Crippen LogP contribution >= 0.6 is 15.9 Å². The number of fused-ring (bicyclic) bond motifs is 1. The van der Waals surface area contributed by atoms with Crippen LogP contribution in [0.4, 0.5) is 5.69 Å². The van der Waals surface area contributed by atoms with Gasteiger partial charge in [0.15, 0.2) is 0 Å². The number of aromatic nitrogens is 3. The number of hydrogen-bond donors (Lipinski definition) is 0. The number of nitro groups is 1. The number of nitrogens with zero attached hydrogens (tertiary/aromatic N) is 4. The molecule has 1 aromatic carbocycles. The Morgan fingerprint density at radius 3 is 2.50 bits per heavy atom. The van der Waals surface area contributed by atoms with Crippen LogP contribution in [-0.4, -0.2) is 18.6 Å². The number of halogens is 1. The van der Waals surface area contributed by atoms with E-state index in [2.05, 4.69) is 22.9 Å². The Labute approximate surface area is 169 Å². The lowest BCUT2D eigenvalue weighted by molar-refractivity contribution is -0.384. The minimum absolute atomic E-state index is 0.0608. The first-order valence-corrected chi connectivity index (χ1v) is 9.80. The lowest BCUT2D eigenvalue weighted by Crippen LogP contribution is -2.36. The van der Waals surface area contributed by atoms with Crippen LogP contribution in [0.15, 0.2) is 38.5 Å². The van der Waals surface area contributed by atoms with Gasteiger partial charge in [0.1, 0.15) is 0 Å². The molecule has 8 nitrogen and oxygen atoms in total. The van der Waals surface area contributed by atoms with Crippen molar-refractivity contribution in [3.8, 4) is 11.3 Å². The summed E-state index contributed by atoms with van der Waals surface area (Å²) < 4.78 is 5.06. The fraction of sp³-hybridized carbons (Fsp3) is 0.368. The van der Waals surface area contributed by atoms with E-state index in [0.717, 1.165) is 23.8 Å². The van der Waals surface area contributed by atoms with Crippen LogP contribution in [0.1, 0.15) is 26.2 Å². The van der Waals surface area contributed by atoms with Crippen molar-refractivity contribution in [2.24, 2.45) is 14.1 Å². The molecule has 0 bridgehead atoms. The van der Waals surface area contributed by atoms with Crippen LogP contribution in [0.5, 0.6) is 0 Å². The Morgan fingerprint density at radius 2 is 1.86 bits per heavy atom. The number of hydrogen-bond acceptors (Lipinski definition) is 4. The minimum atomic E-state index is -0.462. The maximum atomic E-state index is 13.0. The summed E-state index contributed by atoms with van der Waals surface area (Å²) in [5.74, 6) is 0. The molecule has 0 atom stereocenters. The fourth-order valence-corrected chi connectivity index (χ4v) is 3.83. The Hall–Kier alpha value is -2.68. The third-order valence-electron chi connectivity index (χ3n) is 4.93. The summed E-state index contributed by atoms with van der Waals surface area (Å²) in [5.41, 5.74) is 0.759. The molecule has 0 fully saturated rings. The van der Waals surface area contributed by atoms with E-state index in [0.29, 0.717) is 33.2 Å². The Balaban J connectivity index is 2.41. The highest BCUT2D eigenvalue weighted by molar-refractivity contribution is 9.10. The summed E-state index contributed by atoms with van der Waals surface area (Å²) in [6.07, 6.45) is 4.73. The van der Waals surface area contributed by atoms with Crippen LogP contribution < -0.4 is 11.2 Å². The maximum Gasteiger partial charge on any atom is 0.330 e. The molecule has 0 aliphatic heterocycles. The van der Waals surface area contributed by atoms with E-state index >= 15 is 0 Å². The van der Waals surface area contributed by atoms with Crippen molar-refractivity contribution in [1.82, 2.24) is 13.7 Å². The van der Waals surface area contributed by atoms with Crippen LogP contribution in [0.2, 0.25) is 0 Å². The van der Waals surface area contributed by atoms with E-state index in [1.54, 1.807) is 19.3 Å². The normalized spacial score (nSPS) is 11.3. The Morgan fingerprint density at radius 1 is 1.14 bits per heavy atom. The van der Waals surface area contributed by atoms with Crippen molar-refractivity contribution >= 4 is 32.5 Å². The first-order valence-electron chi connectivity index (χ1n) is 9.01. The van der Waals surface area contributed by atoms with E-state index in [1.807, 2.05) is 4.57 Å². The largest absolute Gasteiger partial charge is 0.345 e. The summed E-state index contributed by atoms with van der Waals surface area (Å²) in [6, 6.07) is 4.48. The van der Waals surface area contributed by atoms with Crippen molar-refractivity contribution in [1.29, 1.82) is 0 Å². The molecule has 3 rings (SSSR count). The topological polar surface area (TPSA) is 92.1 Å². The first kappa shape index (κ1) is 20.1. The minimum Gasteiger partial charge on any atom is -0.345 e. The highest BCUT2D eigenvalue weighted by atomic mass is 79.9. The predicted molar refractivity (Wildman–Crippen MR) is 112 cm³/mol. The third-order valence-corrected chi connectivity index (χ3v) is 5.62. The lowest BCUT2D eigenvalue weighted by Gasteiger charge is -2.11. The van der Waals surface area contributed by atoms with Gasteiger partial charge in [0.05, 0.1) is 21.5 Å². The highest BCUT2D eigenvalue weighted by Crippen LogP contribution is 2.36. The van der Waals surface area contributed by atoms with Gasteiger partial charge in [-0.2, -0.15) is 0 Å². The SMILES string of the molecule is CCCCCn1cc2c(c1-c1cc([N+](=O)[O-])ccc1Br)c(=O)n(C)c(=O)n2C. The molecular weight excluding hydrogens is 428 g/mol. The number of non-ortho nitro benzene ring substituents is 1. The van der Waals surface area contributed by atoms with Crippen LogP contribution in [0.25, 0.3) is 22.2 Å². The second kappa shape index (κ2) is 7.75. The van der Waals surface area contributed by atoms with E-state index < -0.39 is 16.2 Å². The molecule has 2 aromatic heterocycles. The monoisotopic (exact) mass is 448 g/mol. The van der Waals surface area contributed by atoms with Gasteiger partial charge in [-0.3, -0.25) is 24.0 Å². The second-order valence-corrected chi connectivity index (χ2v) is 7.62. The zero-order valence-corrected chi connectivity index (χ0v) is 17.5. The van der Waals surface area contributed by atoms with Crippen LogP contribution in [-0.2, 0) is 20.6 Å². The molecule has 0 spiro atoms. The number of aryl methyl sites for hydroxylation is 2. The van der Waals surface area contributed by atoms with Gasteiger partial charge >= 0.3 is 5.69 Å². The van der Waals surface area contributed by atoms with Crippen molar-refractivity contribution in [2.45, 2.75) is 32.7 Å². The van der Waals surface area contributed by atoms with Crippen molar-refractivity contribution in [3.05, 3.63) is 59.8 Å². The summed E-state index contributed by atoms with van der Waals surface area (Å²) in [5, 5.41) is 11.7. The van der Waals surface area contributed by atoms with Gasteiger partial charge < -0.3 is 4.57 Å². The molecule has 0 aliphatic carbocycles. The molecule has 0 unspecified atom stereocenters. The molecule has 0 saturated carbocycles. The zero-order chi connectivity index (χ0) is 20.6. The molecule has 0 amide bonds. The summed E-state index contributed by atoms with van der Waals surface area (Å²) in [6.45, 7) is 2.74. The first-order chi connectivity index (χ1) is 13.3. The number of nitro benzene ring substituents is 1. The molecule has 0 N–H and O–H groups in total. The number of unbranched alkanes of at least 4 members (excludes halogenated alkanes) is 2. The number of benzene rings is 1. The zero-order valence-electron chi connectivity index (χ0n) is 15.9. The van der Waals surface area contributed by atoms with E-state index in [4.69, 9.17) is 0 Å². The molecule has 0 aliphatic rings. The standard InChI is InChI=1S/C19H21BrN4O4/c1-4-5-6-9-23-11-15-16(18(25)22(3)19(26)21(15)2)17(23)13-10-12(24(27)28)7-8-14(13)20/h7-8,10-11H,4-6,9H2,1-3H3. The average Bonchev–Trinajstić information content (AvgIpc) is 3.04. The predicted octanol–water partition coefficient (Wildman–Crippen LogP) is 3.57. The van der Waals surface area contributed by atoms with Gasteiger partial charge in [-0.25, -0.2) is 4.79 Å². The quantitative estimate of drug-likeness (QED) is 0.327. The van der Waals surface area contributed by atoms with Crippen LogP contribution in [0, 0.1) is 10.1 Å². The van der Waals surface area contributed by atoms with Gasteiger partial charge in [-0.15, -0.1) is 0 Å². The Kier molecular flexibility index (Phi) is 5.55. The molecule has 0 saturated heterocycles.